The Kier molecular flexibility index (Phi) is 4.26. The molecule has 3 rings (SSSR count). The lowest BCUT2D eigenvalue weighted by molar-refractivity contribution is 0.0315. The van der Waals surface area contributed by atoms with E-state index < -0.39 is 0 Å². The van der Waals surface area contributed by atoms with E-state index in [0.29, 0.717) is 22.9 Å². The zero-order valence-electron chi connectivity index (χ0n) is 12.9. The number of thioether (sulfide) groups is 1. The first-order valence-electron chi connectivity index (χ1n) is 7.62. The predicted octanol–water partition coefficient (Wildman–Crippen LogP) is 1.89. The van der Waals surface area contributed by atoms with Crippen LogP contribution < -0.4 is 0 Å². The minimum absolute atomic E-state index is 0.0784. The maximum absolute atomic E-state index is 12.8. The van der Waals surface area contributed by atoms with Crippen LogP contribution in [0.5, 0.6) is 0 Å². The highest BCUT2D eigenvalue weighted by molar-refractivity contribution is 8.00. The highest BCUT2D eigenvalue weighted by atomic mass is 32.2. The summed E-state index contributed by atoms with van der Waals surface area (Å²) in [7, 11) is 1.91. The van der Waals surface area contributed by atoms with Crippen molar-refractivity contribution in [2.45, 2.75) is 37.5 Å². The lowest BCUT2D eigenvalue weighted by atomic mass is 10.1. The average molecular weight is 309 g/mol. The molecule has 2 saturated heterocycles. The summed E-state index contributed by atoms with van der Waals surface area (Å²) in [6, 6.07) is 2.25. The van der Waals surface area contributed by atoms with Crippen LogP contribution in [0.15, 0.2) is 6.07 Å². The Morgan fingerprint density at radius 3 is 3.05 bits per heavy atom. The predicted molar refractivity (Wildman–Crippen MR) is 83.8 cm³/mol. The van der Waals surface area contributed by atoms with Gasteiger partial charge >= 0.3 is 0 Å². The van der Waals surface area contributed by atoms with Crippen molar-refractivity contribution in [1.29, 1.82) is 0 Å². The molecule has 116 valence electrons. The van der Waals surface area contributed by atoms with Gasteiger partial charge < -0.3 is 9.64 Å². The summed E-state index contributed by atoms with van der Waals surface area (Å²) in [5.41, 5.74) is 1.69. The molecule has 1 amide bonds. The standard InChI is InChI=1S/C15H23N3O2S/c1-10(2)13-8-11(16-17(13)3)15(19)18-5-7-21-14-9-20-6-4-12(14)18/h8,10,12,14H,4-7,9H2,1-3H3/t12-,14-/m0/s1. The summed E-state index contributed by atoms with van der Waals surface area (Å²) in [5, 5.41) is 4.85. The summed E-state index contributed by atoms with van der Waals surface area (Å²) in [6.45, 7) is 6.58. The minimum atomic E-state index is 0.0784. The van der Waals surface area contributed by atoms with E-state index in [1.54, 1.807) is 0 Å². The number of hydrogen-bond acceptors (Lipinski definition) is 4. The fraction of sp³-hybridized carbons (Fsp3) is 0.733. The number of hydrogen-bond donors (Lipinski definition) is 0. The summed E-state index contributed by atoms with van der Waals surface area (Å²) in [5.74, 6) is 1.44. The zero-order chi connectivity index (χ0) is 15.0. The highest BCUT2D eigenvalue weighted by Gasteiger charge is 2.38. The van der Waals surface area contributed by atoms with Crippen LogP contribution in [-0.2, 0) is 11.8 Å². The molecule has 2 fully saturated rings. The second kappa shape index (κ2) is 6.01. The highest BCUT2D eigenvalue weighted by Crippen LogP contribution is 2.31. The summed E-state index contributed by atoms with van der Waals surface area (Å²) in [6.07, 6.45) is 0.938. The Balaban J connectivity index is 1.82. The zero-order valence-corrected chi connectivity index (χ0v) is 13.7. The van der Waals surface area contributed by atoms with Crippen molar-refractivity contribution < 1.29 is 9.53 Å². The molecule has 2 atom stereocenters. The van der Waals surface area contributed by atoms with Crippen molar-refractivity contribution >= 4 is 17.7 Å². The van der Waals surface area contributed by atoms with Gasteiger partial charge in [0.05, 0.1) is 6.61 Å². The molecule has 0 saturated carbocycles. The normalized spacial score (nSPS) is 26.0. The number of amides is 1. The minimum Gasteiger partial charge on any atom is -0.380 e. The molecule has 21 heavy (non-hydrogen) atoms. The first-order chi connectivity index (χ1) is 10.1. The monoisotopic (exact) mass is 309 g/mol. The molecule has 5 nitrogen and oxygen atoms in total. The van der Waals surface area contributed by atoms with Gasteiger partial charge in [-0.2, -0.15) is 16.9 Å². The molecule has 2 aliphatic heterocycles. The second-order valence-electron chi connectivity index (χ2n) is 6.07. The van der Waals surface area contributed by atoms with Crippen LogP contribution in [0.3, 0.4) is 0 Å². The molecular weight excluding hydrogens is 286 g/mol. The number of aromatic nitrogens is 2. The van der Waals surface area contributed by atoms with Gasteiger partial charge in [-0.3, -0.25) is 9.48 Å². The van der Waals surface area contributed by atoms with E-state index in [1.165, 1.54) is 0 Å². The van der Waals surface area contributed by atoms with Gasteiger partial charge in [0, 0.05) is 42.9 Å². The molecule has 2 aliphatic rings. The fourth-order valence-electron chi connectivity index (χ4n) is 3.21. The number of aryl methyl sites for hydroxylation is 1. The SMILES string of the molecule is CC(C)c1cc(C(=O)N2CCS[C@H]3COCC[C@@H]32)nn1C. The van der Waals surface area contributed by atoms with Crippen LogP contribution in [0.1, 0.15) is 42.4 Å². The van der Waals surface area contributed by atoms with Gasteiger partial charge in [0.25, 0.3) is 5.91 Å². The first kappa shape index (κ1) is 14.9. The number of rotatable bonds is 2. The number of carbonyl (C=O) groups is 1. The van der Waals surface area contributed by atoms with Gasteiger partial charge in [-0.15, -0.1) is 0 Å². The van der Waals surface area contributed by atoms with Gasteiger partial charge in [0.2, 0.25) is 0 Å². The van der Waals surface area contributed by atoms with E-state index in [2.05, 4.69) is 18.9 Å². The summed E-state index contributed by atoms with van der Waals surface area (Å²) >= 11 is 1.93. The maximum Gasteiger partial charge on any atom is 0.274 e. The van der Waals surface area contributed by atoms with Gasteiger partial charge in [0.1, 0.15) is 0 Å². The topological polar surface area (TPSA) is 47.4 Å². The third-order valence-electron chi connectivity index (χ3n) is 4.32. The lowest BCUT2D eigenvalue weighted by Gasteiger charge is -2.43. The van der Waals surface area contributed by atoms with E-state index in [1.807, 2.05) is 34.5 Å². The van der Waals surface area contributed by atoms with Gasteiger partial charge in [-0.25, -0.2) is 0 Å². The van der Waals surface area contributed by atoms with Crippen molar-refractivity contribution in [3.8, 4) is 0 Å². The number of carbonyl (C=O) groups excluding carboxylic acids is 1. The second-order valence-corrected chi connectivity index (χ2v) is 7.42. The number of fused-ring (bicyclic) bond motifs is 1. The Morgan fingerprint density at radius 2 is 2.33 bits per heavy atom. The van der Waals surface area contributed by atoms with E-state index in [-0.39, 0.29) is 5.91 Å². The van der Waals surface area contributed by atoms with E-state index in [0.717, 1.165) is 37.6 Å². The first-order valence-corrected chi connectivity index (χ1v) is 8.67. The van der Waals surface area contributed by atoms with Crippen LogP contribution >= 0.6 is 11.8 Å². The molecular formula is C15H23N3O2S. The Morgan fingerprint density at radius 1 is 1.52 bits per heavy atom. The van der Waals surface area contributed by atoms with Gasteiger partial charge in [-0.05, 0) is 18.4 Å². The lowest BCUT2D eigenvalue weighted by Crippen LogP contribution is -2.54. The van der Waals surface area contributed by atoms with Crippen molar-refractivity contribution in [2.75, 3.05) is 25.5 Å². The quantitative estimate of drug-likeness (QED) is 0.837. The Bertz CT molecular complexity index is 527. The number of ether oxygens (including phenoxy) is 1. The van der Waals surface area contributed by atoms with E-state index in [4.69, 9.17) is 4.74 Å². The van der Waals surface area contributed by atoms with Crippen molar-refractivity contribution in [3.05, 3.63) is 17.5 Å². The summed E-state index contributed by atoms with van der Waals surface area (Å²) in [4.78, 5) is 14.9. The molecule has 0 spiro atoms. The maximum atomic E-state index is 12.8. The van der Waals surface area contributed by atoms with Gasteiger partial charge in [-0.1, -0.05) is 13.8 Å². The Labute approximate surface area is 130 Å². The van der Waals surface area contributed by atoms with Crippen LogP contribution in [0.25, 0.3) is 0 Å². The molecule has 1 aromatic heterocycles. The van der Waals surface area contributed by atoms with Crippen molar-refractivity contribution in [3.63, 3.8) is 0 Å². The molecule has 1 aromatic rings. The molecule has 0 bridgehead atoms. The van der Waals surface area contributed by atoms with Crippen LogP contribution in [-0.4, -0.2) is 57.4 Å². The molecule has 0 N–H and O–H groups in total. The van der Waals surface area contributed by atoms with Crippen molar-refractivity contribution in [1.82, 2.24) is 14.7 Å². The third-order valence-corrected chi connectivity index (χ3v) is 5.62. The average Bonchev–Trinajstić information content (AvgIpc) is 2.88. The number of nitrogens with zero attached hydrogens (tertiary/aromatic N) is 3. The third kappa shape index (κ3) is 2.83. The molecule has 3 heterocycles. The van der Waals surface area contributed by atoms with Crippen LogP contribution in [0, 0.1) is 0 Å². The van der Waals surface area contributed by atoms with E-state index >= 15 is 0 Å². The van der Waals surface area contributed by atoms with Crippen LogP contribution in [0.4, 0.5) is 0 Å². The summed E-state index contributed by atoms with van der Waals surface area (Å²) < 4.78 is 7.38. The largest absolute Gasteiger partial charge is 0.380 e. The molecule has 6 heteroatoms. The molecule has 0 radical (unpaired) electrons. The fourth-order valence-corrected chi connectivity index (χ4v) is 4.51. The van der Waals surface area contributed by atoms with E-state index in [9.17, 15) is 4.79 Å². The van der Waals surface area contributed by atoms with Crippen molar-refractivity contribution in [2.24, 2.45) is 7.05 Å². The molecule has 0 unspecified atom stereocenters. The smallest absolute Gasteiger partial charge is 0.274 e. The molecule has 0 aliphatic carbocycles. The molecule has 0 aromatic carbocycles. The van der Waals surface area contributed by atoms with Crippen LogP contribution in [0.2, 0.25) is 0 Å². The Hall–Kier alpha value is -1.01. The van der Waals surface area contributed by atoms with Gasteiger partial charge in [0.15, 0.2) is 5.69 Å².